The van der Waals surface area contributed by atoms with Gasteiger partial charge in [0.15, 0.2) is 11.8 Å². The highest BCUT2D eigenvalue weighted by Crippen LogP contribution is 2.29. The molecule has 0 atom stereocenters. The van der Waals surface area contributed by atoms with Gasteiger partial charge in [0.2, 0.25) is 0 Å². The predicted molar refractivity (Wildman–Crippen MR) is 110 cm³/mol. The van der Waals surface area contributed by atoms with Gasteiger partial charge in [-0.05, 0) is 24.6 Å². The van der Waals surface area contributed by atoms with Crippen molar-refractivity contribution in [3.8, 4) is 0 Å². The molecule has 11 heteroatoms. The van der Waals surface area contributed by atoms with Gasteiger partial charge in [0.05, 0.1) is 25.3 Å². The molecule has 0 bridgehead atoms. The Bertz CT molecular complexity index is 761. The van der Waals surface area contributed by atoms with E-state index in [9.17, 15) is 13.2 Å². The molecule has 0 unspecified atom stereocenters. The van der Waals surface area contributed by atoms with Gasteiger partial charge in [0.25, 0.3) is 0 Å². The number of guanidine groups is 1. The Balaban J connectivity index is 0.00000392. The van der Waals surface area contributed by atoms with Crippen molar-refractivity contribution in [3.63, 3.8) is 0 Å². The summed E-state index contributed by atoms with van der Waals surface area (Å²) in [5.41, 5.74) is -0.00482. The SMILES string of the molecule is COCCNC(=NCc1ccc(C(F)(F)F)cc1)NCc1nnc(C)n1C.I. The predicted octanol–water partition coefficient (Wildman–Crippen LogP) is 2.64. The van der Waals surface area contributed by atoms with Crippen molar-refractivity contribution in [2.24, 2.45) is 12.0 Å². The zero-order valence-corrected chi connectivity index (χ0v) is 18.2. The lowest BCUT2D eigenvalue weighted by Gasteiger charge is -2.12. The third-order valence-corrected chi connectivity index (χ3v) is 3.90. The van der Waals surface area contributed by atoms with E-state index in [1.807, 2.05) is 18.5 Å². The Morgan fingerprint density at radius 1 is 1.18 bits per heavy atom. The van der Waals surface area contributed by atoms with Crippen LogP contribution in [0.2, 0.25) is 0 Å². The van der Waals surface area contributed by atoms with Crippen molar-refractivity contribution in [3.05, 3.63) is 47.0 Å². The van der Waals surface area contributed by atoms with Gasteiger partial charge in [0.1, 0.15) is 5.82 Å². The molecule has 1 heterocycles. The summed E-state index contributed by atoms with van der Waals surface area (Å²) in [5.74, 6) is 2.04. The second-order valence-corrected chi connectivity index (χ2v) is 5.86. The molecular weight excluding hydrogens is 488 g/mol. The number of nitrogens with one attached hydrogen (secondary N) is 2. The van der Waals surface area contributed by atoms with Gasteiger partial charge in [0, 0.05) is 20.7 Å². The van der Waals surface area contributed by atoms with Crippen LogP contribution in [0.1, 0.15) is 22.8 Å². The van der Waals surface area contributed by atoms with Crippen molar-refractivity contribution in [1.82, 2.24) is 25.4 Å². The highest BCUT2D eigenvalue weighted by atomic mass is 127. The van der Waals surface area contributed by atoms with Crippen molar-refractivity contribution in [1.29, 1.82) is 0 Å². The second-order valence-electron chi connectivity index (χ2n) is 5.86. The number of aliphatic imine (C=N–C) groups is 1. The van der Waals surface area contributed by atoms with E-state index in [2.05, 4.69) is 25.8 Å². The first-order chi connectivity index (χ1) is 12.8. The first-order valence-electron chi connectivity index (χ1n) is 8.33. The largest absolute Gasteiger partial charge is 0.416 e. The molecule has 1 aromatic heterocycles. The standard InChI is InChI=1S/C17H23F3N6O.HI/c1-12-24-25-15(26(12)2)11-23-16(21-8-9-27-3)22-10-13-4-6-14(7-5-13)17(18,19)20;/h4-7H,8-11H2,1-3H3,(H2,21,22,23);1H. The second kappa shape index (κ2) is 11.2. The van der Waals surface area contributed by atoms with Gasteiger partial charge in [-0.25, -0.2) is 4.99 Å². The molecule has 0 spiro atoms. The molecule has 1 aromatic carbocycles. The van der Waals surface area contributed by atoms with Crippen LogP contribution in [0.3, 0.4) is 0 Å². The third kappa shape index (κ3) is 7.26. The molecule has 2 N–H and O–H groups in total. The Hall–Kier alpha value is -1.89. The van der Waals surface area contributed by atoms with Gasteiger partial charge in [-0.3, -0.25) is 0 Å². The Morgan fingerprint density at radius 2 is 1.86 bits per heavy atom. The summed E-state index contributed by atoms with van der Waals surface area (Å²) in [7, 11) is 3.46. The van der Waals surface area contributed by atoms with Crippen LogP contribution in [0.5, 0.6) is 0 Å². The number of nitrogens with zero attached hydrogens (tertiary/aromatic N) is 4. The maximum Gasteiger partial charge on any atom is 0.416 e. The topological polar surface area (TPSA) is 76.4 Å². The minimum atomic E-state index is -4.34. The summed E-state index contributed by atoms with van der Waals surface area (Å²) in [6, 6.07) is 4.95. The fourth-order valence-electron chi connectivity index (χ4n) is 2.18. The zero-order valence-electron chi connectivity index (χ0n) is 15.9. The summed E-state index contributed by atoms with van der Waals surface area (Å²) in [4.78, 5) is 4.41. The smallest absolute Gasteiger partial charge is 0.383 e. The summed E-state index contributed by atoms with van der Waals surface area (Å²) >= 11 is 0. The van der Waals surface area contributed by atoms with Gasteiger partial charge in [-0.2, -0.15) is 13.2 Å². The normalized spacial score (nSPS) is 11.9. The minimum absolute atomic E-state index is 0. The number of rotatable bonds is 7. The first-order valence-corrected chi connectivity index (χ1v) is 8.33. The van der Waals surface area contributed by atoms with E-state index in [0.29, 0.717) is 31.2 Å². The monoisotopic (exact) mass is 512 g/mol. The Labute approximate surface area is 178 Å². The van der Waals surface area contributed by atoms with E-state index in [1.54, 1.807) is 7.11 Å². The summed E-state index contributed by atoms with van der Waals surface area (Å²) in [6.07, 6.45) is -4.34. The number of hydrogen-bond donors (Lipinski definition) is 2. The molecule has 0 radical (unpaired) electrons. The van der Waals surface area contributed by atoms with Crippen molar-refractivity contribution < 1.29 is 17.9 Å². The van der Waals surface area contributed by atoms with E-state index in [4.69, 9.17) is 4.74 Å². The van der Waals surface area contributed by atoms with Crippen LogP contribution in [0.15, 0.2) is 29.3 Å². The Morgan fingerprint density at radius 3 is 2.39 bits per heavy atom. The van der Waals surface area contributed by atoms with Gasteiger partial charge >= 0.3 is 6.18 Å². The number of aromatic nitrogens is 3. The average molecular weight is 512 g/mol. The highest BCUT2D eigenvalue weighted by Gasteiger charge is 2.29. The van der Waals surface area contributed by atoms with Gasteiger partial charge < -0.3 is 19.9 Å². The Kier molecular flexibility index (Phi) is 9.65. The number of methoxy groups -OCH3 is 1. The molecule has 28 heavy (non-hydrogen) atoms. The number of halogens is 4. The van der Waals surface area contributed by atoms with Crippen molar-refractivity contribution in [2.75, 3.05) is 20.3 Å². The first kappa shape index (κ1) is 24.1. The van der Waals surface area contributed by atoms with E-state index >= 15 is 0 Å². The lowest BCUT2D eigenvalue weighted by molar-refractivity contribution is -0.137. The molecule has 2 aromatic rings. The molecule has 156 valence electrons. The number of ether oxygens (including phenoxy) is 1. The quantitative estimate of drug-likeness (QED) is 0.258. The fourth-order valence-corrected chi connectivity index (χ4v) is 2.18. The maximum absolute atomic E-state index is 12.6. The lowest BCUT2D eigenvalue weighted by atomic mass is 10.1. The maximum atomic E-state index is 12.6. The average Bonchev–Trinajstić information content (AvgIpc) is 2.95. The number of hydrogen-bond acceptors (Lipinski definition) is 4. The lowest BCUT2D eigenvalue weighted by Crippen LogP contribution is -2.39. The number of aryl methyl sites for hydroxylation is 1. The fraction of sp³-hybridized carbons (Fsp3) is 0.471. The van der Waals surface area contributed by atoms with Crippen molar-refractivity contribution >= 4 is 29.9 Å². The summed E-state index contributed by atoms with van der Waals surface area (Å²) in [6.45, 7) is 3.52. The molecule has 7 nitrogen and oxygen atoms in total. The van der Waals surface area contributed by atoms with E-state index in [0.717, 1.165) is 23.8 Å². The van der Waals surface area contributed by atoms with E-state index in [1.165, 1.54) is 12.1 Å². The highest BCUT2D eigenvalue weighted by molar-refractivity contribution is 14.0. The van der Waals surface area contributed by atoms with Crippen LogP contribution in [0.25, 0.3) is 0 Å². The summed E-state index contributed by atoms with van der Waals surface area (Å²) in [5, 5.41) is 14.3. The molecule has 0 aliphatic rings. The number of benzene rings is 1. The molecule has 0 amide bonds. The van der Waals surface area contributed by atoms with Gasteiger partial charge in [-0.1, -0.05) is 12.1 Å². The van der Waals surface area contributed by atoms with Crippen LogP contribution >= 0.6 is 24.0 Å². The van der Waals surface area contributed by atoms with Crippen LogP contribution in [0.4, 0.5) is 13.2 Å². The molecule has 0 aliphatic carbocycles. The van der Waals surface area contributed by atoms with Crippen LogP contribution in [0, 0.1) is 6.92 Å². The van der Waals surface area contributed by atoms with Crippen LogP contribution < -0.4 is 10.6 Å². The minimum Gasteiger partial charge on any atom is -0.383 e. The molecule has 0 aliphatic heterocycles. The zero-order chi connectivity index (χ0) is 19.9. The van der Waals surface area contributed by atoms with Crippen LogP contribution in [-0.2, 0) is 31.1 Å². The van der Waals surface area contributed by atoms with E-state index < -0.39 is 11.7 Å². The molecule has 2 rings (SSSR count). The summed E-state index contributed by atoms with van der Waals surface area (Å²) < 4.78 is 44.8. The third-order valence-electron chi connectivity index (χ3n) is 3.90. The molecule has 0 fully saturated rings. The van der Waals surface area contributed by atoms with E-state index in [-0.39, 0.29) is 30.5 Å². The molecular formula is C17H24F3IN6O. The van der Waals surface area contributed by atoms with Crippen LogP contribution in [-0.4, -0.2) is 41.0 Å². The molecule has 0 saturated carbocycles. The van der Waals surface area contributed by atoms with Crippen molar-refractivity contribution in [2.45, 2.75) is 26.2 Å². The van der Waals surface area contributed by atoms with Gasteiger partial charge in [-0.15, -0.1) is 34.2 Å². The molecule has 0 saturated heterocycles. The number of alkyl halides is 3.